The lowest BCUT2D eigenvalue weighted by atomic mass is 9.99. The number of hydrogen-bond donors (Lipinski definition) is 2. The molecule has 0 radical (unpaired) electrons. The molecule has 1 heterocycles. The fraction of sp³-hybridized carbons (Fsp3) is 0.167. The lowest BCUT2D eigenvalue weighted by molar-refractivity contribution is -0.150. The van der Waals surface area contributed by atoms with E-state index in [1.165, 1.54) is 18.2 Å². The summed E-state index contributed by atoms with van der Waals surface area (Å²) in [7, 11) is 1.14. The van der Waals surface area contributed by atoms with Gasteiger partial charge < -0.3 is 20.1 Å². The second-order valence-corrected chi connectivity index (χ2v) is 7.52. The van der Waals surface area contributed by atoms with Gasteiger partial charge in [0, 0.05) is 34.0 Å². The van der Waals surface area contributed by atoms with Gasteiger partial charge in [-0.25, -0.2) is 4.79 Å². The number of ether oxygens (including phenoxy) is 1. The molecule has 6 nitrogen and oxygen atoms in total. The number of primary amides is 1. The topological polar surface area (TPSA) is 94.6 Å². The van der Waals surface area contributed by atoms with E-state index in [0.717, 1.165) is 19.2 Å². The van der Waals surface area contributed by atoms with Crippen molar-refractivity contribution in [3.05, 3.63) is 82.9 Å². The van der Waals surface area contributed by atoms with Crippen LogP contribution in [0, 0.1) is 0 Å². The Bertz CT molecular complexity index is 1390. The minimum absolute atomic E-state index is 0.0455. The average Bonchev–Trinajstić information content (AvgIpc) is 3.11. The molecule has 0 saturated carbocycles. The molecule has 33 heavy (non-hydrogen) atoms. The highest BCUT2D eigenvalue weighted by Gasteiger charge is 2.30. The number of hydrogen-bond acceptors (Lipinski definition) is 4. The largest absolute Gasteiger partial charge is 0.467 e. The highest BCUT2D eigenvalue weighted by Crippen LogP contribution is 2.37. The van der Waals surface area contributed by atoms with Crippen molar-refractivity contribution in [2.75, 3.05) is 7.11 Å². The second-order valence-electron chi connectivity index (χ2n) is 7.52. The van der Waals surface area contributed by atoms with Crippen molar-refractivity contribution < 1.29 is 32.6 Å². The Morgan fingerprint density at radius 1 is 1.03 bits per heavy atom. The van der Waals surface area contributed by atoms with E-state index in [4.69, 9.17) is 5.73 Å². The van der Waals surface area contributed by atoms with Crippen molar-refractivity contribution in [3.8, 4) is 0 Å². The number of esters is 1. The zero-order valence-electron chi connectivity index (χ0n) is 17.4. The molecule has 0 bridgehead atoms. The summed E-state index contributed by atoms with van der Waals surface area (Å²) in [6, 6.07) is 14.6. The number of aliphatic hydroxyl groups is 1. The van der Waals surface area contributed by atoms with Crippen molar-refractivity contribution in [1.82, 2.24) is 4.57 Å². The quantitative estimate of drug-likeness (QED) is 0.441. The van der Waals surface area contributed by atoms with Crippen molar-refractivity contribution in [2.45, 2.75) is 18.8 Å². The van der Waals surface area contributed by atoms with Crippen LogP contribution in [0.5, 0.6) is 0 Å². The van der Waals surface area contributed by atoms with Crippen LogP contribution in [0.2, 0.25) is 0 Å². The molecule has 1 amide bonds. The highest BCUT2D eigenvalue weighted by atomic mass is 19.4. The lowest BCUT2D eigenvalue weighted by Gasteiger charge is -2.12. The van der Waals surface area contributed by atoms with Gasteiger partial charge in [-0.05, 0) is 35.9 Å². The van der Waals surface area contributed by atoms with Crippen LogP contribution in [0.4, 0.5) is 13.2 Å². The monoisotopic (exact) mass is 456 g/mol. The number of carbonyl (C=O) groups excluding carboxylic acids is 2. The van der Waals surface area contributed by atoms with Gasteiger partial charge in [0.15, 0.2) is 6.10 Å². The van der Waals surface area contributed by atoms with Crippen LogP contribution >= 0.6 is 0 Å². The van der Waals surface area contributed by atoms with Gasteiger partial charge in [-0.15, -0.1) is 0 Å². The van der Waals surface area contributed by atoms with Crippen LogP contribution in [0.25, 0.3) is 21.8 Å². The molecule has 0 fully saturated rings. The number of benzene rings is 3. The van der Waals surface area contributed by atoms with Crippen molar-refractivity contribution in [1.29, 1.82) is 0 Å². The number of halogens is 3. The number of aromatic nitrogens is 1. The summed E-state index contributed by atoms with van der Waals surface area (Å²) in [4.78, 5) is 24.2. The third kappa shape index (κ3) is 3.91. The van der Waals surface area contributed by atoms with Crippen LogP contribution in [0.15, 0.2) is 60.7 Å². The number of fused-ring (bicyclic) bond motifs is 3. The SMILES string of the molecule is COC(=O)C(O)c1cccc2c1c1c(C(N)=O)cccc1n2Cc1cccc(C(F)(F)F)c1. The number of nitrogens with two attached hydrogens (primary N) is 1. The van der Waals surface area contributed by atoms with Crippen LogP contribution in [-0.2, 0) is 22.3 Å². The zero-order chi connectivity index (χ0) is 23.9. The van der Waals surface area contributed by atoms with E-state index in [-0.39, 0.29) is 17.7 Å². The Morgan fingerprint density at radius 2 is 1.67 bits per heavy atom. The molecule has 4 aromatic rings. The number of aliphatic hydroxyl groups excluding tert-OH is 1. The van der Waals surface area contributed by atoms with Gasteiger partial charge in [0.1, 0.15) is 0 Å². The predicted molar refractivity (Wildman–Crippen MR) is 115 cm³/mol. The van der Waals surface area contributed by atoms with E-state index in [2.05, 4.69) is 4.74 Å². The molecule has 1 atom stereocenters. The maximum atomic E-state index is 13.2. The van der Waals surface area contributed by atoms with Crippen molar-refractivity contribution in [2.24, 2.45) is 5.73 Å². The smallest absolute Gasteiger partial charge is 0.416 e. The Hall–Kier alpha value is -3.85. The second kappa shape index (κ2) is 8.25. The van der Waals surface area contributed by atoms with Crippen molar-refractivity contribution in [3.63, 3.8) is 0 Å². The van der Waals surface area contributed by atoms with Crippen LogP contribution < -0.4 is 5.73 Å². The average molecular weight is 456 g/mol. The molecule has 4 rings (SSSR count). The summed E-state index contributed by atoms with van der Waals surface area (Å²) in [5, 5.41) is 11.4. The van der Waals surface area contributed by atoms with Gasteiger partial charge in [0.05, 0.1) is 18.2 Å². The molecule has 0 aliphatic carbocycles. The molecule has 170 valence electrons. The first kappa shape index (κ1) is 22.3. The van der Waals surface area contributed by atoms with Crippen LogP contribution in [-0.4, -0.2) is 28.7 Å². The fourth-order valence-corrected chi connectivity index (χ4v) is 4.08. The standard InChI is InChI=1S/C24H19F3N2O4/c1-33-23(32)21(30)15-7-3-9-17-19(15)20-16(22(28)31)8-4-10-18(20)29(17)12-13-5-2-6-14(11-13)24(25,26)27/h2-11,21,30H,12H2,1H3,(H2,28,31). The predicted octanol–water partition coefficient (Wildman–Crippen LogP) is 4.17. The molecule has 0 aliphatic rings. The van der Waals surface area contributed by atoms with Crippen molar-refractivity contribution >= 4 is 33.7 Å². The molecule has 0 aliphatic heterocycles. The first-order chi connectivity index (χ1) is 15.6. The summed E-state index contributed by atoms with van der Waals surface area (Å²) < 4.78 is 46.0. The molecule has 0 saturated heterocycles. The number of alkyl halides is 3. The summed E-state index contributed by atoms with van der Waals surface area (Å²) in [5.74, 6) is -1.61. The van der Waals surface area contributed by atoms with Gasteiger partial charge in [-0.2, -0.15) is 13.2 Å². The number of carbonyl (C=O) groups is 2. The molecule has 0 spiro atoms. The molecular formula is C24H19F3N2O4. The van der Waals surface area contributed by atoms with E-state index in [9.17, 15) is 27.9 Å². The Kier molecular flexibility index (Phi) is 5.59. The third-order valence-corrected chi connectivity index (χ3v) is 5.53. The minimum Gasteiger partial charge on any atom is -0.467 e. The fourth-order valence-electron chi connectivity index (χ4n) is 4.08. The van der Waals surface area contributed by atoms with Crippen LogP contribution in [0.1, 0.15) is 33.2 Å². The lowest BCUT2D eigenvalue weighted by Crippen LogP contribution is -2.14. The first-order valence-electron chi connectivity index (χ1n) is 9.89. The van der Waals surface area contributed by atoms with E-state index in [0.29, 0.717) is 27.4 Å². The number of rotatable bonds is 5. The Labute approximate surface area is 186 Å². The Balaban J connectivity index is 2.02. The maximum Gasteiger partial charge on any atom is 0.416 e. The summed E-state index contributed by atoms with van der Waals surface area (Å²) in [5.41, 5.74) is 6.57. The number of amides is 1. The maximum absolute atomic E-state index is 13.2. The molecular weight excluding hydrogens is 437 g/mol. The third-order valence-electron chi connectivity index (χ3n) is 5.53. The summed E-state index contributed by atoms with van der Waals surface area (Å²) in [6.07, 6.45) is -6.12. The zero-order valence-corrected chi connectivity index (χ0v) is 17.4. The number of nitrogens with zero attached hydrogens (tertiary/aromatic N) is 1. The van der Waals surface area contributed by atoms with Gasteiger partial charge in [-0.3, -0.25) is 4.79 Å². The minimum atomic E-state index is -4.49. The first-order valence-corrected chi connectivity index (χ1v) is 9.89. The summed E-state index contributed by atoms with van der Waals surface area (Å²) >= 11 is 0. The highest BCUT2D eigenvalue weighted by molar-refractivity contribution is 6.19. The molecule has 1 unspecified atom stereocenters. The molecule has 1 aromatic heterocycles. The van der Waals surface area contributed by atoms with Gasteiger partial charge in [0.25, 0.3) is 0 Å². The number of methoxy groups -OCH3 is 1. The molecule has 9 heteroatoms. The van der Waals surface area contributed by atoms with E-state index >= 15 is 0 Å². The van der Waals surface area contributed by atoms with Gasteiger partial charge in [-0.1, -0.05) is 30.3 Å². The van der Waals surface area contributed by atoms with Gasteiger partial charge in [0.2, 0.25) is 5.91 Å². The van der Waals surface area contributed by atoms with E-state index in [1.807, 2.05) is 0 Å². The van der Waals surface area contributed by atoms with Crippen LogP contribution in [0.3, 0.4) is 0 Å². The molecule has 3 aromatic carbocycles. The Morgan fingerprint density at radius 3 is 2.30 bits per heavy atom. The van der Waals surface area contributed by atoms with E-state index < -0.39 is 29.7 Å². The van der Waals surface area contributed by atoms with E-state index in [1.54, 1.807) is 34.9 Å². The molecule has 3 N–H and O–H groups in total. The normalized spacial score (nSPS) is 12.8. The summed E-state index contributed by atoms with van der Waals surface area (Å²) in [6.45, 7) is 0.0455. The van der Waals surface area contributed by atoms with Gasteiger partial charge >= 0.3 is 12.1 Å².